The zero-order valence-electron chi connectivity index (χ0n) is 11.5. The van der Waals surface area contributed by atoms with Crippen LogP contribution < -0.4 is 0 Å². The highest BCUT2D eigenvalue weighted by Crippen LogP contribution is 2.38. The second-order valence-electron chi connectivity index (χ2n) is 5.56. The van der Waals surface area contributed by atoms with Crippen LogP contribution in [0.1, 0.15) is 31.4 Å². The minimum atomic E-state index is 0.635. The molecule has 1 aliphatic rings. The molecule has 0 fully saturated rings. The minimum Gasteiger partial charge on any atom is -0.309 e. The van der Waals surface area contributed by atoms with Crippen LogP contribution in [0, 0.1) is 5.92 Å². The molecule has 0 spiro atoms. The minimum absolute atomic E-state index is 0.635. The molecule has 1 nitrogen and oxygen atoms in total. The lowest BCUT2D eigenvalue weighted by Gasteiger charge is -2.14. The van der Waals surface area contributed by atoms with Crippen molar-refractivity contribution in [2.24, 2.45) is 5.92 Å². The Hall–Kier alpha value is -1.08. The van der Waals surface area contributed by atoms with E-state index in [1.54, 1.807) is 11.1 Å². The van der Waals surface area contributed by atoms with E-state index in [0.29, 0.717) is 5.92 Å². The number of allylic oxidation sites excluding steroid dienone is 1. The molecular formula is C16H23N. The van der Waals surface area contributed by atoms with Gasteiger partial charge >= 0.3 is 0 Å². The normalized spacial score (nSPS) is 14.9. The van der Waals surface area contributed by atoms with Crippen LogP contribution in [-0.4, -0.2) is 25.5 Å². The molecule has 1 heteroatoms. The maximum atomic E-state index is 2.31. The summed E-state index contributed by atoms with van der Waals surface area (Å²) in [5.41, 5.74) is 6.26. The van der Waals surface area contributed by atoms with Crippen LogP contribution >= 0.6 is 0 Å². The fraction of sp³-hybridized carbons (Fsp3) is 0.500. The Bertz CT molecular complexity index is 427. The molecule has 2 rings (SSSR count). The van der Waals surface area contributed by atoms with E-state index in [1.807, 2.05) is 0 Å². The lowest BCUT2D eigenvalue weighted by molar-refractivity contribution is 0.412. The smallest absolute Gasteiger partial charge is 0.00128 e. The van der Waals surface area contributed by atoms with Crippen LogP contribution in [0.5, 0.6) is 0 Å². The Labute approximate surface area is 105 Å². The lowest BCUT2D eigenvalue weighted by Crippen LogP contribution is -2.14. The van der Waals surface area contributed by atoms with Crippen molar-refractivity contribution >= 4 is 5.57 Å². The average molecular weight is 229 g/mol. The first-order valence-corrected chi connectivity index (χ1v) is 6.54. The van der Waals surface area contributed by atoms with E-state index < -0.39 is 0 Å². The van der Waals surface area contributed by atoms with Gasteiger partial charge in [-0.3, -0.25) is 0 Å². The molecule has 0 amide bonds. The molecule has 0 bridgehead atoms. The van der Waals surface area contributed by atoms with Gasteiger partial charge in [-0.1, -0.05) is 43.7 Å². The van der Waals surface area contributed by atoms with Gasteiger partial charge in [-0.15, -0.1) is 0 Å². The second kappa shape index (κ2) is 5.05. The van der Waals surface area contributed by atoms with Crippen LogP contribution in [0.25, 0.3) is 5.57 Å². The van der Waals surface area contributed by atoms with Crippen molar-refractivity contribution < 1.29 is 0 Å². The van der Waals surface area contributed by atoms with Gasteiger partial charge in [-0.05, 0) is 49.6 Å². The summed E-state index contributed by atoms with van der Waals surface area (Å²) >= 11 is 0. The summed E-state index contributed by atoms with van der Waals surface area (Å²) in [6.07, 6.45) is 2.37. The Balaban J connectivity index is 2.28. The molecule has 0 saturated carbocycles. The molecule has 1 aromatic carbocycles. The van der Waals surface area contributed by atoms with Gasteiger partial charge in [0.15, 0.2) is 0 Å². The molecule has 1 aromatic rings. The molecule has 0 N–H and O–H groups in total. The summed E-state index contributed by atoms with van der Waals surface area (Å²) in [5.74, 6) is 0.635. The van der Waals surface area contributed by atoms with E-state index in [1.165, 1.54) is 17.5 Å². The van der Waals surface area contributed by atoms with E-state index in [-0.39, 0.29) is 0 Å². The van der Waals surface area contributed by atoms with Gasteiger partial charge in [0.25, 0.3) is 0 Å². The quantitative estimate of drug-likeness (QED) is 0.762. The summed E-state index contributed by atoms with van der Waals surface area (Å²) in [6, 6.07) is 8.88. The molecule has 0 unspecified atom stereocenters. The summed E-state index contributed by atoms with van der Waals surface area (Å²) in [5, 5.41) is 0. The Kier molecular flexibility index (Phi) is 3.68. The third-order valence-electron chi connectivity index (χ3n) is 3.53. The van der Waals surface area contributed by atoms with Crippen molar-refractivity contribution in [3.8, 4) is 0 Å². The highest BCUT2D eigenvalue weighted by atomic mass is 15.0. The number of hydrogen-bond donors (Lipinski definition) is 0. The van der Waals surface area contributed by atoms with E-state index in [9.17, 15) is 0 Å². The number of fused-ring (bicyclic) bond motifs is 1. The zero-order valence-corrected chi connectivity index (χ0v) is 11.5. The molecule has 0 atom stereocenters. The van der Waals surface area contributed by atoms with Gasteiger partial charge in [0, 0.05) is 6.54 Å². The molecule has 17 heavy (non-hydrogen) atoms. The van der Waals surface area contributed by atoms with Gasteiger partial charge in [-0.2, -0.15) is 0 Å². The van der Waals surface area contributed by atoms with Crippen LogP contribution in [0.2, 0.25) is 0 Å². The number of nitrogens with zero attached hydrogens (tertiary/aromatic N) is 1. The molecule has 0 aliphatic heterocycles. The summed E-state index contributed by atoms with van der Waals surface area (Å²) in [7, 11) is 4.30. The first-order chi connectivity index (χ1) is 8.09. The number of hydrogen-bond acceptors (Lipinski definition) is 1. The monoisotopic (exact) mass is 229 g/mol. The van der Waals surface area contributed by atoms with Gasteiger partial charge in [0.1, 0.15) is 0 Å². The first kappa shape index (κ1) is 12.4. The predicted molar refractivity (Wildman–Crippen MR) is 75.1 cm³/mol. The lowest BCUT2D eigenvalue weighted by atomic mass is 9.94. The largest absolute Gasteiger partial charge is 0.309 e. The van der Waals surface area contributed by atoms with E-state index in [4.69, 9.17) is 0 Å². The van der Waals surface area contributed by atoms with E-state index in [2.05, 4.69) is 57.1 Å². The van der Waals surface area contributed by atoms with Crippen LogP contribution in [0.4, 0.5) is 0 Å². The molecule has 0 heterocycles. The van der Waals surface area contributed by atoms with Gasteiger partial charge in [0.2, 0.25) is 0 Å². The van der Waals surface area contributed by atoms with Crippen LogP contribution in [0.3, 0.4) is 0 Å². The number of rotatable bonds is 4. The fourth-order valence-electron chi connectivity index (χ4n) is 2.75. The average Bonchev–Trinajstić information content (AvgIpc) is 2.64. The Morgan fingerprint density at radius 2 is 1.88 bits per heavy atom. The number of benzene rings is 1. The topological polar surface area (TPSA) is 3.24 Å². The molecular weight excluding hydrogens is 206 g/mol. The van der Waals surface area contributed by atoms with Crippen molar-refractivity contribution in [2.45, 2.75) is 26.7 Å². The first-order valence-electron chi connectivity index (χ1n) is 6.54. The maximum Gasteiger partial charge on any atom is 0.00128 e. The summed E-state index contributed by atoms with van der Waals surface area (Å²) < 4.78 is 0. The molecule has 92 valence electrons. The maximum absolute atomic E-state index is 2.31. The van der Waals surface area contributed by atoms with E-state index >= 15 is 0 Å². The standard InChI is InChI=1S/C16H23N/c1-12(2)16-14(9-10-17(3)4)11-13-7-5-6-8-15(13)16/h5-8,12H,9-11H2,1-4H3. The SMILES string of the molecule is CC(C)C1=C(CCN(C)C)Cc2ccccc21. The Morgan fingerprint density at radius 3 is 2.53 bits per heavy atom. The van der Waals surface area contributed by atoms with Crippen molar-refractivity contribution in [3.05, 3.63) is 41.0 Å². The second-order valence-corrected chi connectivity index (χ2v) is 5.56. The molecule has 1 aliphatic carbocycles. The van der Waals surface area contributed by atoms with Crippen molar-refractivity contribution in [1.29, 1.82) is 0 Å². The molecule has 0 radical (unpaired) electrons. The van der Waals surface area contributed by atoms with Gasteiger partial charge < -0.3 is 4.90 Å². The van der Waals surface area contributed by atoms with Gasteiger partial charge in [-0.25, -0.2) is 0 Å². The van der Waals surface area contributed by atoms with Crippen molar-refractivity contribution in [2.75, 3.05) is 20.6 Å². The van der Waals surface area contributed by atoms with Crippen molar-refractivity contribution in [3.63, 3.8) is 0 Å². The van der Waals surface area contributed by atoms with E-state index in [0.717, 1.165) is 13.0 Å². The summed E-state index contributed by atoms with van der Waals surface area (Å²) in [6.45, 7) is 5.78. The third kappa shape index (κ3) is 2.61. The van der Waals surface area contributed by atoms with Crippen LogP contribution in [-0.2, 0) is 6.42 Å². The molecule has 0 saturated heterocycles. The highest BCUT2D eigenvalue weighted by Gasteiger charge is 2.22. The highest BCUT2D eigenvalue weighted by molar-refractivity contribution is 5.77. The Morgan fingerprint density at radius 1 is 1.18 bits per heavy atom. The summed E-state index contributed by atoms with van der Waals surface area (Å²) in [4.78, 5) is 2.27. The van der Waals surface area contributed by atoms with Gasteiger partial charge in [0.05, 0.1) is 0 Å². The van der Waals surface area contributed by atoms with Crippen molar-refractivity contribution in [1.82, 2.24) is 4.90 Å². The fourth-order valence-corrected chi connectivity index (χ4v) is 2.75. The third-order valence-corrected chi connectivity index (χ3v) is 3.53. The zero-order chi connectivity index (χ0) is 12.4. The van der Waals surface area contributed by atoms with Crippen LogP contribution in [0.15, 0.2) is 29.8 Å². The predicted octanol–water partition coefficient (Wildman–Crippen LogP) is 3.60. The molecule has 0 aromatic heterocycles.